The average Bonchev–Trinajstić information content (AvgIpc) is 2.07. The van der Waals surface area contributed by atoms with Gasteiger partial charge in [-0.1, -0.05) is 0 Å². The fourth-order valence-electron chi connectivity index (χ4n) is 0.808. The van der Waals surface area contributed by atoms with Gasteiger partial charge in [0.2, 0.25) is 5.82 Å². The highest BCUT2D eigenvalue weighted by Gasteiger charge is 2.21. The Morgan fingerprint density at radius 1 is 1.64 bits per heavy atom. The molecule has 8 heteroatoms. The van der Waals surface area contributed by atoms with E-state index in [-0.39, 0.29) is 4.47 Å². The molecule has 76 valence electrons. The van der Waals surface area contributed by atoms with E-state index in [9.17, 15) is 18.9 Å². The fourth-order valence-corrected chi connectivity index (χ4v) is 1.29. The zero-order valence-electron chi connectivity index (χ0n) is 6.58. The van der Waals surface area contributed by atoms with Gasteiger partial charge in [0.1, 0.15) is 5.69 Å². The maximum atomic E-state index is 12.2. The number of pyridine rings is 1. The van der Waals surface area contributed by atoms with Gasteiger partial charge in [0, 0.05) is 6.07 Å². The molecule has 0 unspecified atom stereocenters. The minimum atomic E-state index is -2.83. The van der Waals surface area contributed by atoms with Gasteiger partial charge in [-0.2, -0.15) is 0 Å². The van der Waals surface area contributed by atoms with Gasteiger partial charge in [-0.05, 0) is 15.9 Å². The summed E-state index contributed by atoms with van der Waals surface area (Å²) in [6, 6.07) is 0.907. The van der Waals surface area contributed by atoms with Crippen molar-refractivity contribution >= 4 is 27.4 Å². The molecule has 0 radical (unpaired) electrons. The molecular weight excluding hydrogens is 264 g/mol. The summed E-state index contributed by atoms with van der Waals surface area (Å²) in [6.45, 7) is 0. The van der Waals surface area contributed by atoms with E-state index in [4.69, 9.17) is 5.73 Å². The monoisotopic (exact) mass is 267 g/mol. The summed E-state index contributed by atoms with van der Waals surface area (Å²) in [4.78, 5) is 12.8. The van der Waals surface area contributed by atoms with Crippen molar-refractivity contribution in [3.05, 3.63) is 26.3 Å². The zero-order chi connectivity index (χ0) is 10.9. The lowest BCUT2D eigenvalue weighted by molar-refractivity contribution is -0.384. The topological polar surface area (TPSA) is 82.0 Å². The molecule has 0 saturated carbocycles. The molecule has 2 N–H and O–H groups in total. The smallest absolute Gasteiger partial charge is 0.312 e. The summed E-state index contributed by atoms with van der Waals surface area (Å²) in [7, 11) is 0. The molecular formula is C6H4BrF2N3O2. The van der Waals surface area contributed by atoms with Gasteiger partial charge in [-0.3, -0.25) is 10.1 Å². The molecule has 0 spiro atoms. The molecule has 1 heterocycles. The van der Waals surface area contributed by atoms with E-state index in [1.165, 1.54) is 0 Å². The summed E-state index contributed by atoms with van der Waals surface area (Å²) >= 11 is 2.75. The van der Waals surface area contributed by atoms with E-state index >= 15 is 0 Å². The third-order valence-electron chi connectivity index (χ3n) is 1.41. The van der Waals surface area contributed by atoms with E-state index in [1.807, 2.05) is 0 Å². The second-order valence-electron chi connectivity index (χ2n) is 2.32. The minimum Gasteiger partial charge on any atom is -0.378 e. The molecule has 1 rings (SSSR count). The molecule has 0 bridgehead atoms. The van der Waals surface area contributed by atoms with E-state index < -0.39 is 28.5 Å². The Hall–Kier alpha value is -1.31. The summed E-state index contributed by atoms with van der Waals surface area (Å²) in [6.07, 6.45) is -2.83. The number of aromatic nitrogens is 1. The first-order valence-corrected chi connectivity index (χ1v) is 4.11. The molecule has 0 atom stereocenters. The van der Waals surface area contributed by atoms with Crippen LogP contribution < -0.4 is 5.73 Å². The van der Waals surface area contributed by atoms with Crippen LogP contribution in [-0.4, -0.2) is 9.91 Å². The summed E-state index contributed by atoms with van der Waals surface area (Å²) in [5.41, 5.74) is 4.02. The van der Waals surface area contributed by atoms with Gasteiger partial charge in [0.15, 0.2) is 0 Å². The van der Waals surface area contributed by atoms with Gasteiger partial charge in [0.05, 0.1) is 9.40 Å². The second-order valence-corrected chi connectivity index (χ2v) is 3.17. The van der Waals surface area contributed by atoms with Gasteiger partial charge >= 0.3 is 5.69 Å². The standard InChI is InChI=1S/C6H4BrF2N3O2/c7-2-1-3(12(13)14)6(10)11-4(2)5(8)9/h1,5H,(H2,10,11). The SMILES string of the molecule is Nc1nc(C(F)F)c(Br)cc1[N+](=O)[O-]. The van der Waals surface area contributed by atoms with Crippen LogP contribution in [0.4, 0.5) is 20.3 Å². The van der Waals surface area contributed by atoms with Crippen LogP contribution in [0.15, 0.2) is 10.5 Å². The van der Waals surface area contributed by atoms with Gasteiger partial charge in [-0.25, -0.2) is 13.8 Å². The van der Waals surface area contributed by atoms with Crippen molar-refractivity contribution in [1.29, 1.82) is 0 Å². The highest BCUT2D eigenvalue weighted by molar-refractivity contribution is 9.10. The molecule has 1 aromatic heterocycles. The Morgan fingerprint density at radius 2 is 2.21 bits per heavy atom. The maximum Gasteiger partial charge on any atom is 0.312 e. The lowest BCUT2D eigenvalue weighted by Gasteiger charge is -2.03. The number of anilines is 1. The van der Waals surface area contributed by atoms with Crippen LogP contribution in [0.3, 0.4) is 0 Å². The quantitative estimate of drug-likeness (QED) is 0.658. The normalized spacial score (nSPS) is 10.6. The molecule has 0 amide bonds. The molecule has 0 aliphatic carbocycles. The number of nitrogen functional groups attached to an aromatic ring is 1. The van der Waals surface area contributed by atoms with E-state index in [1.54, 1.807) is 0 Å². The van der Waals surface area contributed by atoms with E-state index in [2.05, 4.69) is 20.9 Å². The van der Waals surface area contributed by atoms with Gasteiger partial charge in [-0.15, -0.1) is 0 Å². The number of nitrogens with two attached hydrogens (primary N) is 1. The minimum absolute atomic E-state index is 0.131. The van der Waals surface area contributed by atoms with Gasteiger partial charge < -0.3 is 5.73 Å². The highest BCUT2D eigenvalue weighted by atomic mass is 79.9. The first-order chi connectivity index (χ1) is 6.43. The molecule has 0 aliphatic rings. The first kappa shape index (κ1) is 10.8. The lowest BCUT2D eigenvalue weighted by Crippen LogP contribution is -2.02. The number of rotatable bonds is 2. The Bertz CT molecular complexity index is 386. The molecule has 0 aromatic carbocycles. The predicted molar refractivity (Wildman–Crippen MR) is 48.0 cm³/mol. The maximum absolute atomic E-state index is 12.2. The van der Waals surface area contributed by atoms with Crippen molar-refractivity contribution < 1.29 is 13.7 Å². The number of alkyl halides is 2. The molecule has 5 nitrogen and oxygen atoms in total. The van der Waals surface area contributed by atoms with Crippen molar-refractivity contribution in [1.82, 2.24) is 4.98 Å². The fraction of sp³-hybridized carbons (Fsp3) is 0.167. The number of nitro groups is 1. The Morgan fingerprint density at radius 3 is 2.64 bits per heavy atom. The number of halogens is 3. The Kier molecular flexibility index (Phi) is 2.94. The van der Waals surface area contributed by atoms with Crippen molar-refractivity contribution in [3.63, 3.8) is 0 Å². The number of hydrogen-bond acceptors (Lipinski definition) is 4. The predicted octanol–water partition coefficient (Wildman–Crippen LogP) is 2.27. The number of nitrogens with zero attached hydrogens (tertiary/aromatic N) is 2. The molecule has 0 saturated heterocycles. The number of hydrogen-bond donors (Lipinski definition) is 1. The van der Waals surface area contributed by atoms with Crippen molar-refractivity contribution in [2.45, 2.75) is 6.43 Å². The largest absolute Gasteiger partial charge is 0.378 e. The summed E-state index contributed by atoms with van der Waals surface area (Å²) in [5, 5.41) is 10.3. The van der Waals surface area contributed by atoms with E-state index in [0.29, 0.717) is 0 Å². The van der Waals surface area contributed by atoms with Crippen LogP contribution in [0, 0.1) is 10.1 Å². The molecule has 0 aliphatic heterocycles. The van der Waals surface area contributed by atoms with Crippen molar-refractivity contribution in [2.75, 3.05) is 5.73 Å². The Balaban J connectivity index is 3.31. The summed E-state index contributed by atoms with van der Waals surface area (Å²) in [5.74, 6) is -0.520. The third kappa shape index (κ3) is 1.95. The first-order valence-electron chi connectivity index (χ1n) is 3.32. The van der Waals surface area contributed by atoms with E-state index in [0.717, 1.165) is 6.07 Å². The summed E-state index contributed by atoms with van der Waals surface area (Å²) < 4.78 is 24.3. The van der Waals surface area contributed by atoms with Crippen LogP contribution in [0.25, 0.3) is 0 Å². The third-order valence-corrected chi connectivity index (χ3v) is 2.05. The lowest BCUT2D eigenvalue weighted by atomic mass is 10.3. The van der Waals surface area contributed by atoms with Crippen LogP contribution >= 0.6 is 15.9 Å². The molecule has 1 aromatic rings. The van der Waals surface area contributed by atoms with Crippen molar-refractivity contribution in [3.8, 4) is 0 Å². The molecule has 14 heavy (non-hydrogen) atoms. The van der Waals surface area contributed by atoms with Crippen LogP contribution in [0.5, 0.6) is 0 Å². The second kappa shape index (κ2) is 3.82. The van der Waals surface area contributed by atoms with Crippen LogP contribution in [0.2, 0.25) is 0 Å². The van der Waals surface area contributed by atoms with Crippen LogP contribution in [0.1, 0.15) is 12.1 Å². The average molecular weight is 268 g/mol. The Labute approximate surface area is 85.2 Å². The van der Waals surface area contributed by atoms with Crippen molar-refractivity contribution in [2.24, 2.45) is 0 Å². The molecule has 0 fully saturated rings. The highest BCUT2D eigenvalue weighted by Crippen LogP contribution is 2.31. The van der Waals surface area contributed by atoms with Gasteiger partial charge in [0.25, 0.3) is 6.43 Å². The zero-order valence-corrected chi connectivity index (χ0v) is 8.16. The van der Waals surface area contributed by atoms with Crippen LogP contribution in [-0.2, 0) is 0 Å².